The van der Waals surface area contributed by atoms with Gasteiger partial charge in [-0.2, -0.15) is 0 Å². The second-order valence-electron chi connectivity index (χ2n) is 8.70. The van der Waals surface area contributed by atoms with Crippen molar-refractivity contribution in [1.29, 1.82) is 0 Å². The highest BCUT2D eigenvalue weighted by atomic mass is 32.2. The average Bonchev–Trinajstić information content (AvgIpc) is 2.88. The first-order valence-corrected chi connectivity index (χ1v) is 13.0. The Hall–Kier alpha value is -3.52. The molecule has 1 aliphatic rings. The lowest BCUT2D eigenvalue weighted by molar-refractivity contribution is -0.127. The van der Waals surface area contributed by atoms with Crippen molar-refractivity contribution in [2.45, 2.75) is 37.2 Å². The maximum atomic E-state index is 13.9. The Morgan fingerprint density at radius 2 is 1.80 bits per heavy atom. The third-order valence-electron chi connectivity index (χ3n) is 6.01. The van der Waals surface area contributed by atoms with Gasteiger partial charge in [0.15, 0.2) is 6.10 Å². The van der Waals surface area contributed by atoms with Crippen molar-refractivity contribution in [3.8, 4) is 11.5 Å². The van der Waals surface area contributed by atoms with E-state index in [1.807, 2.05) is 50.2 Å². The molecular formula is C27H30N2O5S. The molecule has 184 valence electrons. The van der Waals surface area contributed by atoms with E-state index in [9.17, 15) is 13.2 Å². The molecule has 4 rings (SSSR count). The molecule has 0 saturated heterocycles. The number of carbonyl (C=O) groups excluding carboxylic acids is 1. The summed E-state index contributed by atoms with van der Waals surface area (Å²) in [5, 5.41) is 2.88. The molecule has 1 heterocycles. The van der Waals surface area contributed by atoms with Crippen LogP contribution in [0, 0.1) is 0 Å². The predicted octanol–water partition coefficient (Wildman–Crippen LogP) is 4.13. The lowest BCUT2D eigenvalue weighted by Crippen LogP contribution is -2.51. The number of nitrogens with one attached hydrogen (secondary N) is 1. The fourth-order valence-corrected chi connectivity index (χ4v) is 5.70. The summed E-state index contributed by atoms with van der Waals surface area (Å²) in [7, 11) is -2.61. The third-order valence-corrected chi connectivity index (χ3v) is 7.81. The van der Waals surface area contributed by atoms with E-state index in [2.05, 4.69) is 5.32 Å². The topological polar surface area (TPSA) is 84.9 Å². The first-order valence-electron chi connectivity index (χ1n) is 11.6. The Morgan fingerprint density at radius 1 is 1.09 bits per heavy atom. The number of nitrogens with zero attached hydrogens (tertiary/aromatic N) is 1. The number of methoxy groups -OCH3 is 1. The second-order valence-corrected chi connectivity index (χ2v) is 10.5. The quantitative estimate of drug-likeness (QED) is 0.509. The van der Waals surface area contributed by atoms with Gasteiger partial charge in [0.2, 0.25) is 0 Å². The predicted molar refractivity (Wildman–Crippen MR) is 136 cm³/mol. The van der Waals surface area contributed by atoms with Crippen molar-refractivity contribution in [3.63, 3.8) is 0 Å². The van der Waals surface area contributed by atoms with Gasteiger partial charge in [0.05, 0.1) is 19.3 Å². The van der Waals surface area contributed by atoms with E-state index in [0.717, 1.165) is 11.1 Å². The van der Waals surface area contributed by atoms with Gasteiger partial charge in [-0.25, -0.2) is 8.42 Å². The van der Waals surface area contributed by atoms with Gasteiger partial charge in [-0.15, -0.1) is 0 Å². The molecule has 1 unspecified atom stereocenters. The Morgan fingerprint density at radius 3 is 2.51 bits per heavy atom. The zero-order valence-electron chi connectivity index (χ0n) is 20.1. The first-order chi connectivity index (χ1) is 16.8. The molecule has 7 nitrogen and oxygen atoms in total. The molecule has 0 fully saturated rings. The van der Waals surface area contributed by atoms with Crippen LogP contribution in [0.15, 0.2) is 77.7 Å². The molecule has 0 saturated carbocycles. The summed E-state index contributed by atoms with van der Waals surface area (Å²) < 4.78 is 40.4. The SMILES string of the molecule is COc1ccc(C(C)C)cc1S(=O)(=O)N1CC(C(=O)NCCc2ccccc2)Oc2ccccc21. The summed E-state index contributed by atoms with van der Waals surface area (Å²) >= 11 is 0. The normalized spacial score (nSPS) is 15.3. The Bertz CT molecular complexity index is 1290. The Labute approximate surface area is 206 Å². The number of rotatable bonds is 8. The molecule has 0 spiro atoms. The van der Waals surface area contributed by atoms with Crippen molar-refractivity contribution in [2.75, 3.05) is 24.5 Å². The molecule has 0 aliphatic carbocycles. The fourth-order valence-electron chi connectivity index (χ4n) is 4.03. The minimum absolute atomic E-state index is 0.0612. The lowest BCUT2D eigenvalue weighted by atomic mass is 10.0. The van der Waals surface area contributed by atoms with Crippen LogP contribution in [0.25, 0.3) is 0 Å². The van der Waals surface area contributed by atoms with E-state index in [4.69, 9.17) is 9.47 Å². The number of benzene rings is 3. The molecule has 3 aromatic rings. The van der Waals surface area contributed by atoms with Gasteiger partial charge >= 0.3 is 0 Å². The molecular weight excluding hydrogens is 464 g/mol. The summed E-state index contributed by atoms with van der Waals surface area (Å²) in [6.45, 7) is 4.27. The number of anilines is 1. The van der Waals surface area contributed by atoms with Crippen LogP contribution in [0.2, 0.25) is 0 Å². The number of amides is 1. The number of fused-ring (bicyclic) bond motifs is 1. The molecule has 1 aliphatic heterocycles. The van der Waals surface area contributed by atoms with Crippen LogP contribution in [0.5, 0.6) is 11.5 Å². The van der Waals surface area contributed by atoms with Crippen molar-refractivity contribution in [3.05, 3.63) is 83.9 Å². The van der Waals surface area contributed by atoms with Gasteiger partial charge < -0.3 is 14.8 Å². The van der Waals surface area contributed by atoms with E-state index in [1.165, 1.54) is 11.4 Å². The van der Waals surface area contributed by atoms with E-state index >= 15 is 0 Å². The van der Waals surface area contributed by atoms with Gasteiger partial charge in [-0.3, -0.25) is 9.10 Å². The van der Waals surface area contributed by atoms with E-state index in [-0.39, 0.29) is 29.0 Å². The van der Waals surface area contributed by atoms with E-state index in [0.29, 0.717) is 24.4 Å². The maximum Gasteiger partial charge on any atom is 0.268 e. The van der Waals surface area contributed by atoms with Gasteiger partial charge in [-0.05, 0) is 47.7 Å². The molecule has 0 aromatic heterocycles. The minimum atomic E-state index is -4.06. The van der Waals surface area contributed by atoms with Crippen LogP contribution in [-0.4, -0.2) is 40.6 Å². The molecule has 1 atom stereocenters. The van der Waals surface area contributed by atoms with E-state index < -0.39 is 16.1 Å². The Kier molecular flexibility index (Phi) is 7.31. The van der Waals surface area contributed by atoms with Crippen LogP contribution in [0.3, 0.4) is 0 Å². The highest BCUT2D eigenvalue weighted by Crippen LogP contribution is 2.39. The van der Waals surface area contributed by atoms with Crippen molar-refractivity contribution in [2.24, 2.45) is 0 Å². The molecule has 35 heavy (non-hydrogen) atoms. The fraction of sp³-hybridized carbons (Fsp3) is 0.296. The number of hydrogen-bond acceptors (Lipinski definition) is 5. The highest BCUT2D eigenvalue weighted by Gasteiger charge is 2.38. The first kappa shape index (κ1) is 24.6. The number of para-hydroxylation sites is 2. The maximum absolute atomic E-state index is 13.9. The minimum Gasteiger partial charge on any atom is -0.495 e. The summed E-state index contributed by atoms with van der Waals surface area (Å²) in [4.78, 5) is 13.1. The van der Waals surface area contributed by atoms with E-state index in [1.54, 1.807) is 36.4 Å². The van der Waals surface area contributed by atoms with Gasteiger partial charge in [0, 0.05) is 6.54 Å². The van der Waals surface area contributed by atoms with Crippen LogP contribution >= 0.6 is 0 Å². The summed E-state index contributed by atoms with van der Waals surface area (Å²) in [5.41, 5.74) is 2.36. The number of hydrogen-bond donors (Lipinski definition) is 1. The van der Waals surface area contributed by atoms with Crippen LogP contribution in [0.4, 0.5) is 5.69 Å². The zero-order chi connectivity index (χ0) is 25.0. The zero-order valence-corrected chi connectivity index (χ0v) is 20.9. The average molecular weight is 495 g/mol. The molecule has 8 heteroatoms. The standard InChI is InChI=1S/C27H30N2O5S/c1-19(2)21-13-14-24(33-3)26(17-21)35(31,32)29-18-25(34-23-12-8-7-11-22(23)29)27(30)28-16-15-20-9-5-4-6-10-20/h4-14,17,19,25H,15-16,18H2,1-3H3,(H,28,30). The third kappa shape index (κ3) is 5.27. The molecule has 3 aromatic carbocycles. The monoisotopic (exact) mass is 494 g/mol. The van der Waals surface area contributed by atoms with Gasteiger partial charge in [0.25, 0.3) is 15.9 Å². The van der Waals surface area contributed by atoms with Crippen LogP contribution in [0.1, 0.15) is 30.9 Å². The number of ether oxygens (including phenoxy) is 2. The number of carbonyl (C=O) groups is 1. The molecule has 0 radical (unpaired) electrons. The van der Waals surface area contributed by atoms with Crippen molar-refractivity contribution in [1.82, 2.24) is 5.32 Å². The second kappa shape index (κ2) is 10.4. The molecule has 0 bridgehead atoms. The molecule has 1 amide bonds. The summed E-state index contributed by atoms with van der Waals surface area (Å²) in [5.74, 6) is 0.361. The van der Waals surface area contributed by atoms with Crippen molar-refractivity contribution < 1.29 is 22.7 Å². The Balaban J connectivity index is 1.62. The smallest absolute Gasteiger partial charge is 0.268 e. The summed E-state index contributed by atoms with van der Waals surface area (Å²) in [6, 6.07) is 21.8. The number of sulfonamides is 1. The van der Waals surface area contributed by atoms with Crippen LogP contribution < -0.4 is 19.1 Å². The lowest BCUT2D eigenvalue weighted by Gasteiger charge is -2.35. The van der Waals surface area contributed by atoms with Crippen molar-refractivity contribution >= 4 is 21.6 Å². The van der Waals surface area contributed by atoms with Gasteiger partial charge in [-0.1, -0.05) is 62.4 Å². The molecule has 1 N–H and O–H groups in total. The van der Waals surface area contributed by atoms with Gasteiger partial charge in [0.1, 0.15) is 16.4 Å². The summed E-state index contributed by atoms with van der Waals surface area (Å²) in [6.07, 6.45) is -0.327. The largest absolute Gasteiger partial charge is 0.495 e. The highest BCUT2D eigenvalue weighted by molar-refractivity contribution is 7.93. The van der Waals surface area contributed by atoms with Crippen LogP contribution in [-0.2, 0) is 21.2 Å².